The first-order chi connectivity index (χ1) is 16.9. The van der Waals surface area contributed by atoms with E-state index in [9.17, 15) is 27.5 Å². The van der Waals surface area contributed by atoms with Crippen LogP contribution in [-0.4, -0.2) is 34.2 Å². The minimum absolute atomic E-state index is 0.0251. The van der Waals surface area contributed by atoms with Crippen LogP contribution in [0.2, 0.25) is 5.02 Å². The number of carbonyl (C=O) groups is 1. The van der Waals surface area contributed by atoms with Crippen LogP contribution in [0.25, 0.3) is 11.4 Å². The minimum Gasteiger partial charge on any atom is -0.496 e. The second kappa shape index (κ2) is 10.5. The van der Waals surface area contributed by atoms with Gasteiger partial charge >= 0.3 is 12.1 Å². The van der Waals surface area contributed by atoms with Gasteiger partial charge in [0.05, 0.1) is 12.1 Å². The molecule has 13 heteroatoms. The van der Waals surface area contributed by atoms with E-state index in [-0.39, 0.29) is 39.1 Å². The number of carboxylic acids is 1. The van der Waals surface area contributed by atoms with Gasteiger partial charge in [0, 0.05) is 23.7 Å². The van der Waals surface area contributed by atoms with Gasteiger partial charge in [0.15, 0.2) is 5.69 Å². The molecule has 0 amide bonds. The maximum atomic E-state index is 13.4. The highest BCUT2D eigenvalue weighted by Gasteiger charge is 2.33. The number of aromatic carboxylic acids is 1. The van der Waals surface area contributed by atoms with Crippen molar-refractivity contribution in [3.05, 3.63) is 88.7 Å². The maximum absolute atomic E-state index is 13.4. The number of halogens is 5. The van der Waals surface area contributed by atoms with E-state index in [1.54, 1.807) is 0 Å². The summed E-state index contributed by atoms with van der Waals surface area (Å²) in [6.45, 7) is 3.71. The topological polar surface area (TPSA) is 115 Å². The molecule has 0 saturated carbocycles. The first kappa shape index (κ1) is 26.3. The molecule has 0 atom stereocenters. The van der Waals surface area contributed by atoms with E-state index in [1.807, 2.05) is 0 Å². The maximum Gasteiger partial charge on any atom is 0.435 e. The average molecular weight is 524 g/mol. The third kappa shape index (κ3) is 6.02. The molecular formula is C23H18ClF4N5O3. The van der Waals surface area contributed by atoms with E-state index in [2.05, 4.69) is 22.0 Å². The summed E-state index contributed by atoms with van der Waals surface area (Å²) < 4.78 is 58.3. The number of hydrogen-bond donors (Lipinski definition) is 3. The quantitative estimate of drug-likeness (QED) is 0.271. The van der Waals surface area contributed by atoms with Gasteiger partial charge in [-0.05, 0) is 42.0 Å². The van der Waals surface area contributed by atoms with Crippen molar-refractivity contribution in [2.24, 2.45) is 10.7 Å². The molecule has 0 aliphatic rings. The van der Waals surface area contributed by atoms with E-state index in [0.29, 0.717) is 5.69 Å². The van der Waals surface area contributed by atoms with Crippen molar-refractivity contribution >= 4 is 40.9 Å². The molecule has 188 valence electrons. The summed E-state index contributed by atoms with van der Waals surface area (Å²) in [5.74, 6) is -2.12. The summed E-state index contributed by atoms with van der Waals surface area (Å²) in [6.07, 6.45) is -2.54. The molecule has 0 saturated heterocycles. The monoisotopic (exact) mass is 523 g/mol. The second-order valence-electron chi connectivity index (χ2n) is 7.12. The van der Waals surface area contributed by atoms with Gasteiger partial charge < -0.3 is 20.9 Å². The van der Waals surface area contributed by atoms with Gasteiger partial charge in [-0.2, -0.15) is 18.3 Å². The van der Waals surface area contributed by atoms with E-state index in [0.717, 1.165) is 29.2 Å². The normalized spacial score (nSPS) is 12.4. The Morgan fingerprint density at radius 3 is 2.58 bits per heavy atom. The van der Waals surface area contributed by atoms with Crippen LogP contribution < -0.4 is 15.8 Å². The van der Waals surface area contributed by atoms with Gasteiger partial charge in [0.2, 0.25) is 0 Å². The lowest BCUT2D eigenvalue weighted by Gasteiger charge is -2.12. The van der Waals surface area contributed by atoms with Crippen LogP contribution in [0, 0.1) is 5.82 Å². The number of ether oxygens (including phenoxy) is 1. The zero-order valence-corrected chi connectivity index (χ0v) is 19.2. The molecule has 0 spiro atoms. The van der Waals surface area contributed by atoms with Crippen molar-refractivity contribution in [1.29, 1.82) is 0 Å². The number of rotatable bonds is 8. The molecule has 8 nitrogen and oxygen atoms in total. The number of aliphatic imine (C=N–C) groups is 1. The molecule has 0 radical (unpaired) electrons. The molecule has 0 unspecified atom stereocenters. The van der Waals surface area contributed by atoms with Gasteiger partial charge in [-0.3, -0.25) is 0 Å². The molecule has 36 heavy (non-hydrogen) atoms. The van der Waals surface area contributed by atoms with E-state index < -0.39 is 23.7 Å². The first-order valence-corrected chi connectivity index (χ1v) is 10.3. The Morgan fingerprint density at radius 1 is 1.28 bits per heavy atom. The highest BCUT2D eigenvalue weighted by Crippen LogP contribution is 2.29. The number of alkyl halides is 3. The SMILES string of the molecule is C=C(/N=C\C(=C(/N)n1ccc(C(F)(F)F)n1)c1ccc(OC)c(C(=O)O)c1)Nc1ccc(F)c(Cl)c1. The van der Waals surface area contributed by atoms with Crippen molar-refractivity contribution in [2.45, 2.75) is 6.18 Å². The second-order valence-corrected chi connectivity index (χ2v) is 7.53. The first-order valence-electron chi connectivity index (χ1n) is 9.90. The van der Waals surface area contributed by atoms with Gasteiger partial charge in [0.1, 0.15) is 28.8 Å². The molecular weight excluding hydrogens is 506 g/mol. The Labute approximate surface area is 207 Å². The number of nitrogens with two attached hydrogens (primary N) is 1. The lowest BCUT2D eigenvalue weighted by atomic mass is 10.0. The number of methoxy groups -OCH3 is 1. The van der Waals surface area contributed by atoms with Crippen molar-refractivity contribution in [2.75, 3.05) is 12.4 Å². The fraction of sp³-hybridized carbons (Fsp3) is 0.0870. The summed E-state index contributed by atoms with van der Waals surface area (Å²) >= 11 is 5.76. The Balaban J connectivity index is 2.06. The number of anilines is 1. The molecule has 3 rings (SSSR count). The highest BCUT2D eigenvalue weighted by atomic mass is 35.5. The Kier molecular flexibility index (Phi) is 7.68. The molecule has 3 aromatic rings. The van der Waals surface area contributed by atoms with Gasteiger partial charge in [-0.1, -0.05) is 24.2 Å². The minimum atomic E-state index is -4.70. The lowest BCUT2D eigenvalue weighted by Crippen LogP contribution is -2.14. The fourth-order valence-corrected chi connectivity index (χ4v) is 3.16. The van der Waals surface area contributed by atoms with Crippen molar-refractivity contribution in [3.8, 4) is 5.75 Å². The van der Waals surface area contributed by atoms with Gasteiger partial charge in [0.25, 0.3) is 0 Å². The number of nitrogens with one attached hydrogen (secondary N) is 1. The lowest BCUT2D eigenvalue weighted by molar-refractivity contribution is -0.141. The van der Waals surface area contributed by atoms with Gasteiger partial charge in [-0.15, -0.1) is 0 Å². The smallest absolute Gasteiger partial charge is 0.435 e. The number of aromatic nitrogens is 2. The predicted octanol–water partition coefficient (Wildman–Crippen LogP) is 5.34. The predicted molar refractivity (Wildman–Crippen MR) is 127 cm³/mol. The molecule has 1 heterocycles. The summed E-state index contributed by atoms with van der Waals surface area (Å²) in [4.78, 5) is 15.8. The number of allylic oxidation sites excluding steroid dienone is 1. The van der Waals surface area contributed by atoms with Crippen LogP contribution in [0.5, 0.6) is 5.75 Å². The van der Waals surface area contributed by atoms with Gasteiger partial charge in [-0.25, -0.2) is 18.9 Å². The highest BCUT2D eigenvalue weighted by molar-refractivity contribution is 6.31. The number of nitrogens with zero attached hydrogens (tertiary/aromatic N) is 3. The van der Waals surface area contributed by atoms with E-state index in [1.165, 1.54) is 37.4 Å². The van der Waals surface area contributed by atoms with Crippen molar-refractivity contribution in [3.63, 3.8) is 0 Å². The molecule has 0 aliphatic carbocycles. The molecule has 1 aromatic heterocycles. The Morgan fingerprint density at radius 2 is 2.00 bits per heavy atom. The molecule has 0 bridgehead atoms. The molecule has 4 N–H and O–H groups in total. The standard InChI is InChI=1S/C23H18ClF4N5O3/c1-12(31-14-4-5-18(25)17(24)10-14)30-11-16(13-3-6-19(36-2)15(9-13)22(34)35)21(29)33-8-7-20(32-33)23(26,27)28/h3-11,31H,1,29H2,2H3,(H,34,35)/b21-16-,30-11-. The Hall–Kier alpha value is -4.32. The largest absolute Gasteiger partial charge is 0.496 e. The number of carboxylic acid groups (broad SMARTS) is 1. The van der Waals surface area contributed by atoms with E-state index in [4.69, 9.17) is 22.1 Å². The van der Waals surface area contributed by atoms with Crippen LogP contribution in [-0.2, 0) is 6.18 Å². The van der Waals surface area contributed by atoms with Crippen molar-refractivity contribution in [1.82, 2.24) is 9.78 Å². The fourth-order valence-electron chi connectivity index (χ4n) is 2.98. The van der Waals surface area contributed by atoms with Crippen LogP contribution in [0.15, 0.2) is 66.1 Å². The van der Waals surface area contributed by atoms with Crippen molar-refractivity contribution < 1.29 is 32.2 Å². The summed E-state index contributed by atoms with van der Waals surface area (Å²) in [6, 6.07) is 8.58. The molecule has 0 aliphatic heterocycles. The molecule has 2 aromatic carbocycles. The van der Waals surface area contributed by atoms with Crippen LogP contribution in [0.3, 0.4) is 0 Å². The Bertz CT molecular complexity index is 1380. The third-order valence-electron chi connectivity index (χ3n) is 4.70. The average Bonchev–Trinajstić information content (AvgIpc) is 3.32. The molecule has 0 fully saturated rings. The van der Waals surface area contributed by atoms with Crippen LogP contribution in [0.4, 0.5) is 23.2 Å². The zero-order chi connectivity index (χ0) is 26.6. The summed E-state index contributed by atoms with van der Waals surface area (Å²) in [5.41, 5.74) is 5.31. The number of hydrogen-bond acceptors (Lipinski definition) is 6. The summed E-state index contributed by atoms with van der Waals surface area (Å²) in [7, 11) is 1.29. The van der Waals surface area contributed by atoms with Crippen LogP contribution >= 0.6 is 11.6 Å². The number of benzene rings is 2. The summed E-state index contributed by atoms with van der Waals surface area (Å²) in [5, 5.41) is 15.6. The van der Waals surface area contributed by atoms with E-state index >= 15 is 0 Å². The third-order valence-corrected chi connectivity index (χ3v) is 4.99. The zero-order valence-electron chi connectivity index (χ0n) is 18.5. The van der Waals surface area contributed by atoms with Crippen LogP contribution in [0.1, 0.15) is 21.6 Å².